The summed E-state index contributed by atoms with van der Waals surface area (Å²) in [7, 11) is 0. The van der Waals surface area contributed by atoms with Gasteiger partial charge in [-0.25, -0.2) is 9.97 Å². The number of pyridine rings is 1. The summed E-state index contributed by atoms with van der Waals surface area (Å²) in [5.74, 6) is -0.249. The van der Waals surface area contributed by atoms with Gasteiger partial charge in [-0.2, -0.15) is 13.2 Å². The number of ketones is 1. The summed E-state index contributed by atoms with van der Waals surface area (Å²) in [5, 5.41) is 7.73. The minimum atomic E-state index is -4.49. The Hall–Kier alpha value is -4.64. The van der Waals surface area contributed by atoms with E-state index in [4.69, 9.17) is 0 Å². The Morgan fingerprint density at radius 2 is 1.80 bits per heavy atom. The van der Waals surface area contributed by atoms with E-state index in [1.54, 1.807) is 30.6 Å². The number of halogens is 3. The highest BCUT2D eigenvalue weighted by molar-refractivity contribution is 7.18. The van der Waals surface area contributed by atoms with Crippen LogP contribution < -0.4 is 10.6 Å². The molecule has 1 amide bonds. The van der Waals surface area contributed by atoms with Crippen molar-refractivity contribution >= 4 is 50.4 Å². The number of carbonyl (C=O) groups is 2. The largest absolute Gasteiger partial charge is 0.416 e. The molecule has 0 radical (unpaired) electrons. The number of hydrogen-bond acceptors (Lipinski definition) is 7. The zero-order valence-corrected chi connectivity index (χ0v) is 22.2. The van der Waals surface area contributed by atoms with E-state index in [9.17, 15) is 22.8 Å². The molecule has 2 aromatic carbocycles. The number of amides is 1. The molecule has 0 atom stereocenters. The number of thiophene rings is 1. The van der Waals surface area contributed by atoms with Crippen molar-refractivity contribution in [3.63, 3.8) is 0 Å². The topological polar surface area (TPSA) is 96.9 Å². The number of Topliss-reactive ketones (excluding diaryl/α,β-unsaturated/α-hetero) is 1. The number of hydrogen-bond donors (Lipinski definition) is 2. The predicted octanol–water partition coefficient (Wildman–Crippen LogP) is 7.14. The minimum Gasteiger partial charge on any atom is -0.338 e. The van der Waals surface area contributed by atoms with E-state index < -0.39 is 17.6 Å². The third-order valence-corrected chi connectivity index (χ3v) is 7.17. The average molecular weight is 562 g/mol. The van der Waals surface area contributed by atoms with Gasteiger partial charge in [0.15, 0.2) is 11.6 Å². The van der Waals surface area contributed by atoms with E-state index in [1.165, 1.54) is 35.9 Å². The van der Waals surface area contributed by atoms with Crippen molar-refractivity contribution in [2.75, 3.05) is 10.6 Å². The van der Waals surface area contributed by atoms with E-state index in [0.717, 1.165) is 23.5 Å². The van der Waals surface area contributed by atoms with Crippen LogP contribution >= 0.6 is 11.3 Å². The van der Waals surface area contributed by atoms with E-state index in [0.29, 0.717) is 32.8 Å². The molecule has 0 saturated carbocycles. The second-order valence-corrected chi connectivity index (χ2v) is 10.0. The number of anilines is 3. The van der Waals surface area contributed by atoms with Crippen LogP contribution in [0.4, 0.5) is 30.4 Å². The first-order chi connectivity index (χ1) is 19.1. The summed E-state index contributed by atoms with van der Waals surface area (Å²) in [6.07, 6.45) is -1.65. The van der Waals surface area contributed by atoms with Crippen LogP contribution in [0, 0.1) is 13.8 Å². The lowest BCUT2D eigenvalue weighted by Crippen LogP contribution is -2.14. The van der Waals surface area contributed by atoms with Crippen LogP contribution in [-0.4, -0.2) is 26.6 Å². The number of aryl methyl sites for hydroxylation is 2. The molecule has 0 aliphatic heterocycles. The Bertz CT molecular complexity index is 1730. The second-order valence-electron chi connectivity index (χ2n) is 9.14. The van der Waals surface area contributed by atoms with Gasteiger partial charge in [0.05, 0.1) is 33.2 Å². The lowest BCUT2D eigenvalue weighted by atomic mass is 9.99. The van der Waals surface area contributed by atoms with Gasteiger partial charge in [-0.15, -0.1) is 11.3 Å². The van der Waals surface area contributed by atoms with E-state index in [2.05, 4.69) is 25.6 Å². The van der Waals surface area contributed by atoms with E-state index >= 15 is 0 Å². The number of nitrogens with zero attached hydrogens (tertiary/aromatic N) is 3. The molecule has 3 aromatic heterocycles. The van der Waals surface area contributed by atoms with Gasteiger partial charge in [-0.3, -0.25) is 14.6 Å². The minimum absolute atomic E-state index is 0.210. The van der Waals surface area contributed by atoms with E-state index in [-0.39, 0.29) is 23.3 Å². The Labute approximate surface area is 231 Å². The zero-order valence-electron chi connectivity index (χ0n) is 21.3. The van der Waals surface area contributed by atoms with E-state index in [1.807, 2.05) is 19.1 Å². The fourth-order valence-corrected chi connectivity index (χ4v) is 4.99. The van der Waals surface area contributed by atoms with Gasteiger partial charge in [-0.05, 0) is 49.2 Å². The molecule has 0 aliphatic rings. The summed E-state index contributed by atoms with van der Waals surface area (Å²) < 4.78 is 39.9. The van der Waals surface area contributed by atoms with Crippen molar-refractivity contribution in [2.24, 2.45) is 0 Å². The first-order valence-corrected chi connectivity index (χ1v) is 13.0. The maximum absolute atomic E-state index is 13.3. The first kappa shape index (κ1) is 26.9. The summed E-state index contributed by atoms with van der Waals surface area (Å²) in [6.45, 7) is 3.67. The number of nitrogens with one attached hydrogen (secondary N) is 2. The van der Waals surface area contributed by atoms with Crippen LogP contribution in [0.2, 0.25) is 0 Å². The molecule has 0 saturated heterocycles. The summed E-state index contributed by atoms with van der Waals surface area (Å²) >= 11 is 1.32. The predicted molar refractivity (Wildman–Crippen MR) is 148 cm³/mol. The molecule has 0 aliphatic carbocycles. The number of aromatic nitrogens is 3. The standard InChI is InChI=1S/C29H22F3N5O2S/c1-16-6-8-19(24(38)11-18-4-3-5-20(10-18)29(30,31)32)12-23(16)37-28(39)22-14-40-26-25(22)34-15-35-27(26)36-21-9-7-17(2)33-13-21/h3-10,12-15H,11H2,1-2H3,(H,37,39)(H,34,35,36). The molecule has 202 valence electrons. The quantitative estimate of drug-likeness (QED) is 0.205. The molecule has 3 heterocycles. The second kappa shape index (κ2) is 10.9. The third-order valence-electron chi connectivity index (χ3n) is 6.20. The van der Waals surface area contributed by atoms with Crippen molar-refractivity contribution in [1.29, 1.82) is 0 Å². The number of carbonyl (C=O) groups excluding carboxylic acids is 2. The molecule has 0 bridgehead atoms. The van der Waals surface area contributed by atoms with Crippen LogP contribution in [0.1, 0.15) is 43.1 Å². The van der Waals surface area contributed by atoms with Crippen LogP contribution in [0.3, 0.4) is 0 Å². The normalized spacial score (nSPS) is 11.4. The van der Waals surface area contributed by atoms with Crippen molar-refractivity contribution in [2.45, 2.75) is 26.4 Å². The van der Waals surface area contributed by atoms with Gasteiger partial charge in [0.25, 0.3) is 5.91 Å². The molecule has 7 nitrogen and oxygen atoms in total. The van der Waals surface area contributed by atoms with Crippen LogP contribution in [-0.2, 0) is 12.6 Å². The molecular formula is C29H22F3N5O2S. The van der Waals surface area contributed by atoms with Crippen molar-refractivity contribution in [3.05, 3.63) is 106 Å². The Morgan fingerprint density at radius 3 is 2.55 bits per heavy atom. The highest BCUT2D eigenvalue weighted by Crippen LogP contribution is 2.32. The number of fused-ring (bicyclic) bond motifs is 1. The number of benzene rings is 2. The number of alkyl halides is 3. The fraction of sp³-hybridized carbons (Fsp3) is 0.138. The van der Waals surface area contributed by atoms with Crippen LogP contribution in [0.25, 0.3) is 10.2 Å². The van der Waals surface area contributed by atoms with Crippen molar-refractivity contribution in [3.8, 4) is 0 Å². The molecule has 0 unspecified atom stereocenters. The van der Waals surface area contributed by atoms with Crippen LogP contribution in [0.15, 0.2) is 72.5 Å². The fourth-order valence-electron chi connectivity index (χ4n) is 4.04. The highest BCUT2D eigenvalue weighted by Gasteiger charge is 2.30. The first-order valence-electron chi connectivity index (χ1n) is 12.1. The molecule has 5 rings (SSSR count). The smallest absolute Gasteiger partial charge is 0.338 e. The van der Waals surface area contributed by atoms with Gasteiger partial charge in [0.2, 0.25) is 0 Å². The monoisotopic (exact) mass is 561 g/mol. The molecular weight excluding hydrogens is 539 g/mol. The van der Waals surface area contributed by atoms with Gasteiger partial charge in [0, 0.05) is 28.7 Å². The Balaban J connectivity index is 1.35. The van der Waals surface area contributed by atoms with Gasteiger partial charge >= 0.3 is 6.18 Å². The SMILES string of the molecule is Cc1ccc(Nc2ncnc3c(C(=O)Nc4cc(C(=O)Cc5cccc(C(F)(F)F)c5)ccc4C)csc23)cn1. The molecule has 11 heteroatoms. The average Bonchev–Trinajstić information content (AvgIpc) is 3.36. The van der Waals surface area contributed by atoms with Gasteiger partial charge in [-0.1, -0.05) is 30.3 Å². The maximum Gasteiger partial charge on any atom is 0.416 e. The molecule has 0 fully saturated rings. The molecule has 2 N–H and O–H groups in total. The number of rotatable bonds is 7. The van der Waals surface area contributed by atoms with Gasteiger partial charge < -0.3 is 10.6 Å². The van der Waals surface area contributed by atoms with Crippen molar-refractivity contribution < 1.29 is 22.8 Å². The lowest BCUT2D eigenvalue weighted by Gasteiger charge is -2.11. The zero-order chi connectivity index (χ0) is 28.4. The Kier molecular flexibility index (Phi) is 7.31. The summed E-state index contributed by atoms with van der Waals surface area (Å²) in [4.78, 5) is 39.1. The van der Waals surface area contributed by atoms with Gasteiger partial charge in [0.1, 0.15) is 6.33 Å². The highest BCUT2D eigenvalue weighted by atomic mass is 32.1. The maximum atomic E-state index is 13.3. The lowest BCUT2D eigenvalue weighted by molar-refractivity contribution is -0.137. The molecule has 40 heavy (non-hydrogen) atoms. The molecule has 0 spiro atoms. The third kappa shape index (κ3) is 5.84. The Morgan fingerprint density at radius 1 is 0.975 bits per heavy atom. The summed E-state index contributed by atoms with van der Waals surface area (Å²) in [6, 6.07) is 13.2. The summed E-state index contributed by atoms with van der Waals surface area (Å²) in [5.41, 5.74) is 3.27. The van der Waals surface area contributed by atoms with Crippen molar-refractivity contribution in [1.82, 2.24) is 15.0 Å². The van der Waals surface area contributed by atoms with Crippen LogP contribution in [0.5, 0.6) is 0 Å². The molecule has 5 aromatic rings.